The van der Waals surface area contributed by atoms with E-state index in [-0.39, 0.29) is 5.56 Å². The number of fused-ring (bicyclic) bond motifs is 1. The first-order chi connectivity index (χ1) is 7.22. The second-order valence-corrected chi connectivity index (χ2v) is 4.46. The van der Waals surface area contributed by atoms with Crippen molar-refractivity contribution in [3.05, 3.63) is 45.3 Å². The van der Waals surface area contributed by atoms with E-state index in [0.29, 0.717) is 0 Å². The number of benzene rings is 1. The Labute approximate surface area is 96.7 Å². The first kappa shape index (κ1) is 10.4. The fourth-order valence-corrected chi connectivity index (χ4v) is 2.05. The van der Waals surface area contributed by atoms with E-state index in [0.717, 1.165) is 28.2 Å². The van der Waals surface area contributed by atoms with Crippen LogP contribution < -0.4 is 5.56 Å². The summed E-state index contributed by atoms with van der Waals surface area (Å²) >= 11 is 3.40. The molecular weight excluding hydrogens is 254 g/mol. The molecule has 15 heavy (non-hydrogen) atoms. The zero-order valence-corrected chi connectivity index (χ0v) is 10.1. The van der Waals surface area contributed by atoms with Gasteiger partial charge in [-0.3, -0.25) is 4.79 Å². The van der Waals surface area contributed by atoms with Crippen molar-refractivity contribution in [2.24, 2.45) is 0 Å². The van der Waals surface area contributed by atoms with Crippen molar-refractivity contribution in [3.8, 4) is 0 Å². The van der Waals surface area contributed by atoms with Crippen LogP contribution in [0, 0.1) is 0 Å². The van der Waals surface area contributed by atoms with Crippen LogP contribution in [0.5, 0.6) is 0 Å². The third-order valence-electron chi connectivity index (χ3n) is 2.40. The SMILES string of the molecule is CCCn1ccc2cc(Br)ccc2c1=O. The smallest absolute Gasteiger partial charge is 0.258 e. The van der Waals surface area contributed by atoms with Gasteiger partial charge in [0.25, 0.3) is 5.56 Å². The Balaban J connectivity index is 2.69. The Morgan fingerprint density at radius 2 is 2.13 bits per heavy atom. The summed E-state index contributed by atoms with van der Waals surface area (Å²) in [5, 5.41) is 1.77. The summed E-state index contributed by atoms with van der Waals surface area (Å²) in [5.41, 5.74) is 0.0989. The van der Waals surface area contributed by atoms with Gasteiger partial charge in [-0.05, 0) is 36.1 Å². The van der Waals surface area contributed by atoms with Gasteiger partial charge in [0.05, 0.1) is 0 Å². The average Bonchev–Trinajstić information content (AvgIpc) is 2.22. The molecule has 0 fully saturated rings. The van der Waals surface area contributed by atoms with Gasteiger partial charge < -0.3 is 4.57 Å². The average molecular weight is 266 g/mol. The van der Waals surface area contributed by atoms with Crippen LogP contribution in [0.25, 0.3) is 10.8 Å². The van der Waals surface area contributed by atoms with Gasteiger partial charge in [-0.2, -0.15) is 0 Å². The number of rotatable bonds is 2. The van der Waals surface area contributed by atoms with Crippen LogP contribution in [-0.4, -0.2) is 4.57 Å². The standard InChI is InChI=1S/C12H12BrNO/c1-2-6-14-7-5-9-8-10(13)3-4-11(9)12(14)15/h3-5,7-8H,2,6H2,1H3. The second kappa shape index (κ2) is 4.19. The second-order valence-electron chi connectivity index (χ2n) is 3.55. The first-order valence-electron chi connectivity index (χ1n) is 5.01. The maximum Gasteiger partial charge on any atom is 0.258 e. The molecule has 0 spiro atoms. The van der Waals surface area contributed by atoms with Crippen molar-refractivity contribution in [3.63, 3.8) is 0 Å². The topological polar surface area (TPSA) is 22.0 Å². The highest BCUT2D eigenvalue weighted by atomic mass is 79.9. The molecule has 0 bridgehead atoms. The lowest BCUT2D eigenvalue weighted by atomic mass is 10.2. The minimum absolute atomic E-state index is 0.0989. The Hall–Kier alpha value is -1.09. The molecule has 0 aliphatic heterocycles. The molecule has 0 saturated heterocycles. The number of halogens is 1. The van der Waals surface area contributed by atoms with Crippen LogP contribution in [0.15, 0.2) is 39.7 Å². The maximum absolute atomic E-state index is 12.0. The van der Waals surface area contributed by atoms with E-state index in [1.807, 2.05) is 30.5 Å². The van der Waals surface area contributed by atoms with Crippen molar-refractivity contribution in [2.45, 2.75) is 19.9 Å². The lowest BCUT2D eigenvalue weighted by molar-refractivity contribution is 0.659. The summed E-state index contributed by atoms with van der Waals surface area (Å²) in [5.74, 6) is 0. The zero-order valence-electron chi connectivity index (χ0n) is 8.53. The van der Waals surface area contributed by atoms with E-state index in [4.69, 9.17) is 0 Å². The number of aryl methyl sites for hydroxylation is 1. The number of nitrogens with zero attached hydrogens (tertiary/aromatic N) is 1. The predicted octanol–water partition coefficient (Wildman–Crippen LogP) is 3.17. The Morgan fingerprint density at radius 1 is 1.33 bits per heavy atom. The largest absolute Gasteiger partial charge is 0.315 e. The first-order valence-corrected chi connectivity index (χ1v) is 5.80. The number of hydrogen-bond acceptors (Lipinski definition) is 1. The lowest BCUT2D eigenvalue weighted by Crippen LogP contribution is -2.18. The van der Waals surface area contributed by atoms with E-state index >= 15 is 0 Å². The Kier molecular flexibility index (Phi) is 2.91. The predicted molar refractivity (Wildman–Crippen MR) is 66.2 cm³/mol. The molecule has 1 aromatic carbocycles. The summed E-state index contributed by atoms with van der Waals surface area (Å²) in [6.45, 7) is 2.85. The lowest BCUT2D eigenvalue weighted by Gasteiger charge is -2.05. The fourth-order valence-electron chi connectivity index (χ4n) is 1.68. The van der Waals surface area contributed by atoms with Gasteiger partial charge >= 0.3 is 0 Å². The molecule has 0 amide bonds. The molecule has 2 rings (SSSR count). The van der Waals surface area contributed by atoms with Gasteiger partial charge in [-0.15, -0.1) is 0 Å². The molecule has 1 heterocycles. The highest BCUT2D eigenvalue weighted by Crippen LogP contribution is 2.16. The normalized spacial score (nSPS) is 10.8. The van der Waals surface area contributed by atoms with Crippen LogP contribution in [0.2, 0.25) is 0 Å². The molecule has 1 aromatic heterocycles. The van der Waals surface area contributed by atoms with Crippen LogP contribution in [-0.2, 0) is 6.54 Å². The summed E-state index contributed by atoms with van der Waals surface area (Å²) in [6.07, 6.45) is 2.84. The van der Waals surface area contributed by atoms with Gasteiger partial charge in [0.2, 0.25) is 0 Å². The summed E-state index contributed by atoms with van der Waals surface area (Å²) < 4.78 is 2.76. The monoisotopic (exact) mass is 265 g/mol. The summed E-state index contributed by atoms with van der Waals surface area (Å²) in [7, 11) is 0. The van der Waals surface area contributed by atoms with Crippen molar-refractivity contribution >= 4 is 26.7 Å². The van der Waals surface area contributed by atoms with E-state index in [1.54, 1.807) is 4.57 Å². The van der Waals surface area contributed by atoms with Crippen LogP contribution in [0.4, 0.5) is 0 Å². The van der Waals surface area contributed by atoms with E-state index < -0.39 is 0 Å². The molecule has 0 unspecified atom stereocenters. The molecule has 0 atom stereocenters. The van der Waals surface area contributed by atoms with E-state index in [1.165, 1.54) is 0 Å². The number of pyridine rings is 1. The van der Waals surface area contributed by atoms with Crippen molar-refractivity contribution in [1.82, 2.24) is 4.57 Å². The fraction of sp³-hybridized carbons (Fsp3) is 0.250. The third kappa shape index (κ3) is 1.97. The molecule has 0 N–H and O–H groups in total. The van der Waals surface area contributed by atoms with Gasteiger partial charge in [-0.25, -0.2) is 0 Å². The minimum Gasteiger partial charge on any atom is -0.315 e. The number of aromatic nitrogens is 1. The summed E-state index contributed by atoms with van der Waals surface area (Å²) in [6, 6.07) is 7.72. The quantitative estimate of drug-likeness (QED) is 0.818. The molecule has 0 aliphatic rings. The van der Waals surface area contributed by atoms with Crippen LogP contribution in [0.1, 0.15) is 13.3 Å². The molecule has 2 nitrogen and oxygen atoms in total. The molecule has 2 aromatic rings. The van der Waals surface area contributed by atoms with Crippen molar-refractivity contribution in [1.29, 1.82) is 0 Å². The minimum atomic E-state index is 0.0989. The molecular formula is C12H12BrNO. The van der Waals surface area contributed by atoms with Crippen molar-refractivity contribution in [2.75, 3.05) is 0 Å². The van der Waals surface area contributed by atoms with Crippen molar-refractivity contribution < 1.29 is 0 Å². The number of hydrogen-bond donors (Lipinski definition) is 0. The molecule has 0 aliphatic carbocycles. The van der Waals surface area contributed by atoms with Gasteiger partial charge in [0.15, 0.2) is 0 Å². The highest BCUT2D eigenvalue weighted by Gasteiger charge is 2.01. The molecule has 3 heteroatoms. The molecule has 0 radical (unpaired) electrons. The van der Waals surface area contributed by atoms with E-state index in [9.17, 15) is 4.79 Å². The maximum atomic E-state index is 12.0. The third-order valence-corrected chi connectivity index (χ3v) is 2.90. The Morgan fingerprint density at radius 3 is 2.87 bits per heavy atom. The van der Waals surface area contributed by atoms with Gasteiger partial charge in [0.1, 0.15) is 0 Å². The Bertz CT molecular complexity index is 545. The molecule has 78 valence electrons. The highest BCUT2D eigenvalue weighted by molar-refractivity contribution is 9.10. The summed E-state index contributed by atoms with van der Waals surface area (Å²) in [4.78, 5) is 12.0. The zero-order chi connectivity index (χ0) is 10.8. The van der Waals surface area contributed by atoms with Gasteiger partial charge in [0, 0.05) is 22.6 Å². The molecule has 0 saturated carbocycles. The van der Waals surface area contributed by atoms with Gasteiger partial charge in [-0.1, -0.05) is 22.9 Å². The van der Waals surface area contributed by atoms with E-state index in [2.05, 4.69) is 22.9 Å². The van der Waals surface area contributed by atoms with Crippen LogP contribution >= 0.6 is 15.9 Å². The van der Waals surface area contributed by atoms with Crippen LogP contribution in [0.3, 0.4) is 0 Å².